The number of carbonyl (C=O) groups is 4. The number of nitrogens with zero attached hydrogens (tertiary/aromatic N) is 2. The van der Waals surface area contributed by atoms with Crippen molar-refractivity contribution in [1.29, 1.82) is 0 Å². The van der Waals surface area contributed by atoms with E-state index in [1.165, 1.54) is 5.56 Å². The van der Waals surface area contributed by atoms with Crippen molar-refractivity contribution in [2.75, 3.05) is 13.1 Å². The quantitative estimate of drug-likeness (QED) is 0.752. The van der Waals surface area contributed by atoms with E-state index in [0.29, 0.717) is 23.6 Å². The van der Waals surface area contributed by atoms with Gasteiger partial charge in [-0.2, -0.15) is 0 Å². The number of hydrogen-bond donors (Lipinski definition) is 1. The molecule has 1 N–H and O–H groups in total. The molecule has 4 amide bonds. The van der Waals surface area contributed by atoms with Crippen LogP contribution < -0.4 is 5.32 Å². The van der Waals surface area contributed by atoms with Gasteiger partial charge in [-0.3, -0.25) is 34.3 Å². The van der Waals surface area contributed by atoms with E-state index < -0.39 is 23.8 Å². The van der Waals surface area contributed by atoms with Gasteiger partial charge in [0.15, 0.2) is 0 Å². The van der Waals surface area contributed by atoms with Gasteiger partial charge in [0.25, 0.3) is 11.8 Å². The monoisotopic (exact) mass is 431 g/mol. The third-order valence-electron chi connectivity index (χ3n) is 6.77. The van der Waals surface area contributed by atoms with Gasteiger partial charge in [-0.05, 0) is 61.5 Å². The zero-order valence-corrected chi connectivity index (χ0v) is 17.8. The minimum atomic E-state index is -0.930. The summed E-state index contributed by atoms with van der Waals surface area (Å²) in [5, 5.41) is 2.22. The van der Waals surface area contributed by atoms with Crippen molar-refractivity contribution in [3.63, 3.8) is 0 Å². The summed E-state index contributed by atoms with van der Waals surface area (Å²) in [6.07, 6.45) is 2.47. The highest BCUT2D eigenvalue weighted by molar-refractivity contribution is 6.23. The van der Waals surface area contributed by atoms with Crippen molar-refractivity contribution >= 4 is 23.6 Å². The van der Waals surface area contributed by atoms with Crippen molar-refractivity contribution in [1.82, 2.24) is 15.1 Å². The highest BCUT2D eigenvalue weighted by atomic mass is 16.2. The Labute approximate surface area is 186 Å². The Morgan fingerprint density at radius 3 is 2.28 bits per heavy atom. The standard InChI is InChI=1S/C25H25N3O4/c29-22-9-8-21(23(30)26-22)28-24(31)19-7-6-16(14-20(19)25(28)32)15-27-12-10-18(11-13-27)17-4-2-1-3-5-17/h1-7,14,18,21H,8-13,15H2,(H,26,29,30). The molecule has 3 aliphatic rings. The summed E-state index contributed by atoms with van der Waals surface area (Å²) in [4.78, 5) is 52.9. The normalized spacial score (nSPS) is 22.2. The minimum Gasteiger partial charge on any atom is -0.299 e. The van der Waals surface area contributed by atoms with Crippen molar-refractivity contribution < 1.29 is 19.2 Å². The molecule has 0 aromatic heterocycles. The van der Waals surface area contributed by atoms with Crippen LogP contribution in [-0.4, -0.2) is 52.6 Å². The van der Waals surface area contributed by atoms with Crippen LogP contribution in [0.1, 0.15) is 63.4 Å². The van der Waals surface area contributed by atoms with E-state index in [9.17, 15) is 19.2 Å². The zero-order valence-electron chi connectivity index (χ0n) is 17.8. The molecule has 0 radical (unpaired) electrons. The number of amides is 4. The highest BCUT2D eigenvalue weighted by Gasteiger charge is 2.44. The van der Waals surface area contributed by atoms with Gasteiger partial charge in [0.1, 0.15) is 6.04 Å². The van der Waals surface area contributed by atoms with Gasteiger partial charge >= 0.3 is 0 Å². The predicted molar refractivity (Wildman–Crippen MR) is 117 cm³/mol. The Bertz CT molecular complexity index is 1090. The van der Waals surface area contributed by atoms with Gasteiger partial charge in [-0.1, -0.05) is 36.4 Å². The molecule has 2 fully saturated rings. The summed E-state index contributed by atoms with van der Waals surface area (Å²) in [7, 11) is 0. The largest absolute Gasteiger partial charge is 0.299 e. The van der Waals surface area contributed by atoms with E-state index in [1.54, 1.807) is 12.1 Å². The molecule has 1 unspecified atom stereocenters. The lowest BCUT2D eigenvalue weighted by molar-refractivity contribution is -0.136. The topological polar surface area (TPSA) is 86.8 Å². The third kappa shape index (κ3) is 3.73. The fourth-order valence-electron chi connectivity index (χ4n) is 5.02. The summed E-state index contributed by atoms with van der Waals surface area (Å²) < 4.78 is 0. The SMILES string of the molecule is O=C1CCC(N2C(=O)c3ccc(CN4CCC(c5ccccc5)CC4)cc3C2=O)C(=O)N1. The number of imide groups is 2. The predicted octanol–water partition coefficient (Wildman–Crippen LogP) is 2.47. The fourth-order valence-corrected chi connectivity index (χ4v) is 5.02. The number of fused-ring (bicyclic) bond motifs is 1. The molecular formula is C25H25N3O4. The molecule has 2 saturated heterocycles. The Hall–Kier alpha value is -3.32. The molecule has 0 saturated carbocycles. The number of piperidine rings is 2. The van der Waals surface area contributed by atoms with E-state index >= 15 is 0 Å². The van der Waals surface area contributed by atoms with Crippen LogP contribution in [0.3, 0.4) is 0 Å². The van der Waals surface area contributed by atoms with Crippen LogP contribution in [0.5, 0.6) is 0 Å². The van der Waals surface area contributed by atoms with E-state index in [1.807, 2.05) is 12.1 Å². The van der Waals surface area contributed by atoms with E-state index in [0.717, 1.165) is 36.4 Å². The van der Waals surface area contributed by atoms with E-state index in [4.69, 9.17) is 0 Å². The average molecular weight is 431 g/mol. The number of rotatable bonds is 4. The van der Waals surface area contributed by atoms with Crippen LogP contribution in [0.15, 0.2) is 48.5 Å². The van der Waals surface area contributed by atoms with Gasteiger partial charge in [0.05, 0.1) is 11.1 Å². The lowest BCUT2D eigenvalue weighted by atomic mass is 9.89. The lowest BCUT2D eigenvalue weighted by Gasteiger charge is -2.32. The Morgan fingerprint density at radius 2 is 1.56 bits per heavy atom. The number of hydrogen-bond acceptors (Lipinski definition) is 5. The summed E-state index contributed by atoms with van der Waals surface area (Å²) in [5.74, 6) is -1.30. The molecule has 1 atom stereocenters. The van der Waals surface area contributed by atoms with Crippen LogP contribution in [-0.2, 0) is 16.1 Å². The summed E-state index contributed by atoms with van der Waals surface area (Å²) in [6, 6.07) is 15.0. The van der Waals surface area contributed by atoms with Crippen LogP contribution in [0.2, 0.25) is 0 Å². The molecule has 0 aliphatic carbocycles. The zero-order chi connectivity index (χ0) is 22.2. The molecular weight excluding hydrogens is 406 g/mol. The van der Waals surface area contributed by atoms with Crippen LogP contribution >= 0.6 is 0 Å². The molecule has 7 heteroatoms. The van der Waals surface area contributed by atoms with Crippen molar-refractivity contribution in [2.45, 2.75) is 44.2 Å². The first kappa shape index (κ1) is 20.6. The van der Waals surface area contributed by atoms with Gasteiger partial charge in [-0.15, -0.1) is 0 Å². The molecule has 0 spiro atoms. The van der Waals surface area contributed by atoms with Gasteiger partial charge in [0, 0.05) is 13.0 Å². The molecule has 5 rings (SSSR count). The maximum Gasteiger partial charge on any atom is 0.262 e. The van der Waals surface area contributed by atoms with Crippen molar-refractivity contribution in [3.05, 3.63) is 70.8 Å². The second-order valence-electron chi connectivity index (χ2n) is 8.79. The minimum absolute atomic E-state index is 0.119. The average Bonchev–Trinajstić information content (AvgIpc) is 3.05. The van der Waals surface area contributed by atoms with Crippen LogP contribution in [0.4, 0.5) is 0 Å². The molecule has 32 heavy (non-hydrogen) atoms. The van der Waals surface area contributed by atoms with Crippen LogP contribution in [0, 0.1) is 0 Å². The van der Waals surface area contributed by atoms with E-state index in [2.05, 4.69) is 34.5 Å². The highest BCUT2D eigenvalue weighted by Crippen LogP contribution is 2.31. The second-order valence-corrected chi connectivity index (χ2v) is 8.79. The Kier molecular flexibility index (Phi) is 5.35. The Balaban J connectivity index is 1.26. The van der Waals surface area contributed by atoms with Crippen molar-refractivity contribution in [3.8, 4) is 0 Å². The smallest absolute Gasteiger partial charge is 0.262 e. The Morgan fingerprint density at radius 1 is 0.844 bits per heavy atom. The van der Waals surface area contributed by atoms with Gasteiger partial charge in [-0.25, -0.2) is 0 Å². The second kappa shape index (κ2) is 8.31. The number of carbonyl (C=O) groups excluding carboxylic acids is 4. The van der Waals surface area contributed by atoms with Crippen LogP contribution in [0.25, 0.3) is 0 Å². The molecule has 3 aliphatic heterocycles. The van der Waals surface area contributed by atoms with Crippen molar-refractivity contribution in [2.24, 2.45) is 0 Å². The van der Waals surface area contributed by atoms with Gasteiger partial charge < -0.3 is 0 Å². The maximum atomic E-state index is 13.0. The molecule has 7 nitrogen and oxygen atoms in total. The molecule has 0 bridgehead atoms. The first-order valence-corrected chi connectivity index (χ1v) is 11.1. The van der Waals surface area contributed by atoms with E-state index in [-0.39, 0.29) is 18.7 Å². The number of likely N-dealkylation sites (tertiary alicyclic amines) is 1. The summed E-state index contributed by atoms with van der Waals surface area (Å²) >= 11 is 0. The molecule has 164 valence electrons. The van der Waals surface area contributed by atoms with Gasteiger partial charge in [0.2, 0.25) is 11.8 Å². The summed E-state index contributed by atoms with van der Waals surface area (Å²) in [6.45, 7) is 2.67. The molecule has 3 heterocycles. The third-order valence-corrected chi connectivity index (χ3v) is 6.77. The number of nitrogens with one attached hydrogen (secondary N) is 1. The first-order chi connectivity index (χ1) is 15.5. The lowest BCUT2D eigenvalue weighted by Crippen LogP contribution is -2.54. The first-order valence-electron chi connectivity index (χ1n) is 11.1. The molecule has 2 aromatic carbocycles. The molecule has 2 aromatic rings. The fraction of sp³-hybridized carbons (Fsp3) is 0.360. The maximum absolute atomic E-state index is 13.0. The number of benzene rings is 2. The summed E-state index contributed by atoms with van der Waals surface area (Å²) in [5.41, 5.74) is 3.04.